The van der Waals surface area contributed by atoms with E-state index in [0.717, 1.165) is 19.3 Å². The zero-order valence-electron chi connectivity index (χ0n) is 17.3. The van der Waals surface area contributed by atoms with Gasteiger partial charge in [0.1, 0.15) is 17.7 Å². The Bertz CT molecular complexity index is 611. The van der Waals surface area contributed by atoms with Crippen molar-refractivity contribution in [3.05, 3.63) is 12.2 Å². The number of rotatable bonds is 3. The summed E-state index contributed by atoms with van der Waals surface area (Å²) in [7, 11) is 1.52. The van der Waals surface area contributed by atoms with E-state index in [2.05, 4.69) is 18.3 Å². The summed E-state index contributed by atoms with van der Waals surface area (Å²) in [5.41, 5.74) is -0.636. The van der Waals surface area contributed by atoms with E-state index >= 15 is 0 Å². The first-order chi connectivity index (χ1) is 12.5. The molecular weight excluding hydrogens is 346 g/mol. The first-order valence-electron chi connectivity index (χ1n) is 9.74. The standard InChI is InChI=1S/C20H33N3O4/c1-13-11-12-15-9-7-8-10-16(18(25)23(13)15)21-17(24)14(2)22(6)19(26)27-20(3,4)5/h7-8,13-16H,9-12H2,1-6H3,(H,21,24)/b8-7-. The fourth-order valence-electron chi connectivity index (χ4n) is 3.55. The highest BCUT2D eigenvalue weighted by Crippen LogP contribution is 2.29. The van der Waals surface area contributed by atoms with Crippen molar-refractivity contribution in [3.63, 3.8) is 0 Å². The van der Waals surface area contributed by atoms with Crippen LogP contribution in [0.3, 0.4) is 0 Å². The quantitative estimate of drug-likeness (QED) is 0.764. The topological polar surface area (TPSA) is 79.0 Å². The number of ether oxygens (including phenoxy) is 1. The lowest BCUT2D eigenvalue weighted by molar-refractivity contribution is -0.139. The van der Waals surface area contributed by atoms with Crippen molar-refractivity contribution in [2.75, 3.05) is 7.05 Å². The van der Waals surface area contributed by atoms with Crippen LogP contribution in [0.4, 0.5) is 4.79 Å². The molecule has 0 aliphatic carbocycles. The minimum absolute atomic E-state index is 0.0326. The van der Waals surface area contributed by atoms with Gasteiger partial charge in [-0.3, -0.25) is 14.5 Å². The Morgan fingerprint density at radius 2 is 1.89 bits per heavy atom. The normalized spacial score (nSPS) is 27.9. The van der Waals surface area contributed by atoms with E-state index in [4.69, 9.17) is 4.74 Å². The average Bonchev–Trinajstić information content (AvgIpc) is 2.92. The molecule has 2 aliphatic rings. The summed E-state index contributed by atoms with van der Waals surface area (Å²) >= 11 is 0. The Kier molecular flexibility index (Phi) is 6.54. The van der Waals surface area contributed by atoms with Crippen molar-refractivity contribution < 1.29 is 19.1 Å². The molecule has 0 aromatic rings. The largest absolute Gasteiger partial charge is 0.444 e. The van der Waals surface area contributed by atoms with Gasteiger partial charge in [-0.05, 0) is 60.3 Å². The molecule has 0 spiro atoms. The lowest BCUT2D eigenvalue weighted by atomic mass is 10.0. The second-order valence-electron chi connectivity index (χ2n) is 8.60. The third-order valence-electron chi connectivity index (χ3n) is 5.24. The van der Waals surface area contributed by atoms with Gasteiger partial charge in [-0.15, -0.1) is 0 Å². The number of likely N-dealkylation sites (N-methyl/N-ethyl adjacent to an activating group) is 1. The van der Waals surface area contributed by atoms with Crippen LogP contribution in [0, 0.1) is 0 Å². The summed E-state index contributed by atoms with van der Waals surface area (Å²) < 4.78 is 5.31. The van der Waals surface area contributed by atoms with Crippen LogP contribution < -0.4 is 5.32 Å². The second kappa shape index (κ2) is 8.31. The Balaban J connectivity index is 2.04. The molecule has 3 amide bonds. The van der Waals surface area contributed by atoms with Crippen LogP contribution in [0.2, 0.25) is 0 Å². The summed E-state index contributed by atoms with van der Waals surface area (Å²) in [5.74, 6) is -0.395. The number of fused-ring (bicyclic) bond motifs is 1. The molecule has 2 rings (SSSR count). The second-order valence-corrected chi connectivity index (χ2v) is 8.60. The van der Waals surface area contributed by atoms with Gasteiger partial charge in [-0.2, -0.15) is 0 Å². The van der Waals surface area contributed by atoms with E-state index in [1.54, 1.807) is 27.7 Å². The molecule has 4 unspecified atom stereocenters. The number of amides is 3. The van der Waals surface area contributed by atoms with Crippen molar-refractivity contribution in [1.29, 1.82) is 0 Å². The van der Waals surface area contributed by atoms with E-state index in [9.17, 15) is 14.4 Å². The summed E-state index contributed by atoms with van der Waals surface area (Å²) in [6.07, 6.45) is 6.81. The lowest BCUT2D eigenvalue weighted by Gasteiger charge is -2.34. The zero-order chi connectivity index (χ0) is 20.4. The van der Waals surface area contributed by atoms with Gasteiger partial charge in [0.05, 0.1) is 0 Å². The maximum atomic E-state index is 13.0. The molecule has 0 aromatic carbocycles. The van der Waals surface area contributed by atoms with Gasteiger partial charge >= 0.3 is 6.09 Å². The Labute approximate surface area is 162 Å². The van der Waals surface area contributed by atoms with Gasteiger partial charge in [0.15, 0.2) is 0 Å². The number of nitrogens with one attached hydrogen (secondary N) is 1. The van der Waals surface area contributed by atoms with Gasteiger partial charge in [0, 0.05) is 19.1 Å². The Hall–Kier alpha value is -2.05. The van der Waals surface area contributed by atoms with Crippen molar-refractivity contribution in [3.8, 4) is 0 Å². The fraction of sp³-hybridized carbons (Fsp3) is 0.750. The van der Waals surface area contributed by atoms with Crippen LogP contribution in [-0.4, -0.2) is 64.5 Å². The lowest BCUT2D eigenvalue weighted by Crippen LogP contribution is -2.56. The molecule has 0 aromatic heterocycles. The molecule has 0 radical (unpaired) electrons. The minimum Gasteiger partial charge on any atom is -0.444 e. The van der Waals surface area contributed by atoms with Gasteiger partial charge in [-0.1, -0.05) is 12.2 Å². The summed E-state index contributed by atoms with van der Waals surface area (Å²) in [5, 5.41) is 2.84. The SMILES string of the molecule is CC(C(=O)NC1C/C=C\CC2CCC(C)N2C1=O)N(C)C(=O)OC(C)(C)C. The van der Waals surface area contributed by atoms with E-state index in [1.165, 1.54) is 11.9 Å². The van der Waals surface area contributed by atoms with Crippen LogP contribution in [0.5, 0.6) is 0 Å². The molecule has 2 aliphatic heterocycles. The van der Waals surface area contributed by atoms with Crippen LogP contribution in [0.1, 0.15) is 60.3 Å². The molecule has 27 heavy (non-hydrogen) atoms. The minimum atomic E-state index is -0.742. The number of carbonyl (C=O) groups excluding carboxylic acids is 3. The predicted octanol–water partition coefficient (Wildman–Crippen LogP) is 2.46. The molecular formula is C20H33N3O4. The highest BCUT2D eigenvalue weighted by atomic mass is 16.6. The van der Waals surface area contributed by atoms with Gasteiger partial charge < -0.3 is 15.0 Å². The molecule has 0 saturated carbocycles. The highest BCUT2D eigenvalue weighted by molar-refractivity contribution is 5.91. The molecule has 1 saturated heterocycles. The smallest absolute Gasteiger partial charge is 0.410 e. The van der Waals surface area contributed by atoms with Crippen LogP contribution >= 0.6 is 0 Å². The van der Waals surface area contributed by atoms with Crippen LogP contribution in [0.25, 0.3) is 0 Å². The number of carbonyl (C=O) groups is 3. The molecule has 7 heteroatoms. The molecule has 7 nitrogen and oxygen atoms in total. The van der Waals surface area contributed by atoms with E-state index in [-0.39, 0.29) is 23.9 Å². The Morgan fingerprint density at radius 3 is 2.52 bits per heavy atom. The molecule has 152 valence electrons. The van der Waals surface area contributed by atoms with Crippen molar-refractivity contribution in [2.24, 2.45) is 0 Å². The molecule has 1 fully saturated rings. The maximum Gasteiger partial charge on any atom is 0.410 e. The predicted molar refractivity (Wildman–Crippen MR) is 103 cm³/mol. The molecule has 1 N–H and O–H groups in total. The Morgan fingerprint density at radius 1 is 1.26 bits per heavy atom. The van der Waals surface area contributed by atoms with Crippen molar-refractivity contribution in [1.82, 2.24) is 15.1 Å². The van der Waals surface area contributed by atoms with Gasteiger partial charge in [0.2, 0.25) is 11.8 Å². The van der Waals surface area contributed by atoms with E-state index in [0.29, 0.717) is 6.42 Å². The van der Waals surface area contributed by atoms with Gasteiger partial charge in [0.25, 0.3) is 0 Å². The third kappa shape index (κ3) is 5.23. The number of nitrogens with zero attached hydrogens (tertiary/aromatic N) is 2. The number of hydrogen-bond donors (Lipinski definition) is 1. The molecule has 2 heterocycles. The average molecular weight is 380 g/mol. The molecule has 4 atom stereocenters. The third-order valence-corrected chi connectivity index (χ3v) is 5.24. The number of hydrogen-bond acceptors (Lipinski definition) is 4. The maximum absolute atomic E-state index is 13.0. The zero-order valence-corrected chi connectivity index (χ0v) is 17.3. The van der Waals surface area contributed by atoms with E-state index < -0.39 is 23.8 Å². The van der Waals surface area contributed by atoms with E-state index in [1.807, 2.05) is 11.0 Å². The first-order valence-corrected chi connectivity index (χ1v) is 9.74. The summed E-state index contributed by atoms with van der Waals surface area (Å²) in [6, 6.07) is -0.943. The van der Waals surface area contributed by atoms with Crippen LogP contribution in [-0.2, 0) is 14.3 Å². The first kappa shape index (κ1) is 21.3. The summed E-state index contributed by atoms with van der Waals surface area (Å²) in [4.78, 5) is 41.1. The van der Waals surface area contributed by atoms with Gasteiger partial charge in [-0.25, -0.2) is 4.79 Å². The van der Waals surface area contributed by atoms with Crippen molar-refractivity contribution in [2.45, 2.75) is 90.1 Å². The fourth-order valence-corrected chi connectivity index (χ4v) is 3.55. The van der Waals surface area contributed by atoms with Crippen molar-refractivity contribution >= 4 is 17.9 Å². The highest BCUT2D eigenvalue weighted by Gasteiger charge is 2.38. The van der Waals surface area contributed by atoms with Crippen LogP contribution in [0.15, 0.2) is 12.2 Å². The molecule has 0 bridgehead atoms. The summed E-state index contributed by atoms with van der Waals surface area (Å²) in [6.45, 7) is 9.01. The monoisotopic (exact) mass is 379 g/mol.